The first-order valence-corrected chi connectivity index (χ1v) is 6.75. The molecule has 1 aliphatic rings. The van der Waals surface area contributed by atoms with Crippen LogP contribution in [0.2, 0.25) is 0 Å². The average Bonchev–Trinajstić information content (AvgIpc) is 2.72. The zero-order valence-corrected chi connectivity index (χ0v) is 12.2. The number of carbonyl (C=O) groups excluding carboxylic acids is 3. The number of likely N-dealkylation sites (N-methyl/N-ethyl adjacent to an activating group) is 1. The van der Waals surface area contributed by atoms with E-state index < -0.39 is 0 Å². The number of ether oxygens (including phenoxy) is 1. The van der Waals surface area contributed by atoms with Gasteiger partial charge in [0.2, 0.25) is 0 Å². The zero-order valence-electron chi connectivity index (χ0n) is 12.2. The van der Waals surface area contributed by atoms with E-state index in [1.807, 2.05) is 0 Å². The van der Waals surface area contributed by atoms with Crippen LogP contribution >= 0.6 is 0 Å². The van der Waals surface area contributed by atoms with Crippen molar-refractivity contribution in [2.75, 3.05) is 33.8 Å². The lowest BCUT2D eigenvalue weighted by atomic mass is 10.1. The van der Waals surface area contributed by atoms with Gasteiger partial charge in [-0.2, -0.15) is 0 Å². The largest absolute Gasteiger partial charge is 0.468 e. The third-order valence-corrected chi connectivity index (χ3v) is 3.43. The molecule has 0 radical (unpaired) electrons. The molecule has 0 aliphatic carbocycles. The van der Waals surface area contributed by atoms with Crippen LogP contribution in [0.25, 0.3) is 0 Å². The summed E-state index contributed by atoms with van der Waals surface area (Å²) >= 11 is 0. The van der Waals surface area contributed by atoms with Gasteiger partial charge in [-0.05, 0) is 25.6 Å². The highest BCUT2D eigenvalue weighted by atomic mass is 16.5. The van der Waals surface area contributed by atoms with Crippen molar-refractivity contribution in [2.45, 2.75) is 6.42 Å². The van der Waals surface area contributed by atoms with E-state index in [0.29, 0.717) is 30.6 Å². The van der Waals surface area contributed by atoms with Gasteiger partial charge < -0.3 is 4.74 Å². The fraction of sp³-hybridized carbons (Fsp3) is 0.400. The number of esters is 1. The molecular formula is C15H18N2O4. The predicted octanol–water partition coefficient (Wildman–Crippen LogP) is 0.777. The number of hydrogen-bond donors (Lipinski definition) is 0. The van der Waals surface area contributed by atoms with Gasteiger partial charge in [-0.1, -0.05) is 12.1 Å². The van der Waals surface area contributed by atoms with Crippen LogP contribution in [0.1, 0.15) is 27.1 Å². The normalized spacial score (nSPS) is 13.8. The van der Waals surface area contributed by atoms with E-state index in [4.69, 9.17) is 0 Å². The fourth-order valence-electron chi connectivity index (χ4n) is 2.30. The standard InChI is InChI=1S/C15H18N2O4/c1-16(10-13(18)21-2)8-5-9-17-14(19)11-6-3-4-7-12(11)15(17)20/h3-4,6-7H,5,8-10H2,1-2H3. The molecule has 0 unspecified atom stereocenters. The summed E-state index contributed by atoms with van der Waals surface area (Å²) in [6.07, 6.45) is 0.610. The first-order chi connectivity index (χ1) is 10.0. The van der Waals surface area contributed by atoms with Crippen LogP contribution in [0.3, 0.4) is 0 Å². The number of methoxy groups -OCH3 is 1. The molecule has 0 saturated carbocycles. The van der Waals surface area contributed by atoms with Gasteiger partial charge in [0.25, 0.3) is 11.8 Å². The summed E-state index contributed by atoms with van der Waals surface area (Å²) in [6, 6.07) is 6.83. The number of fused-ring (bicyclic) bond motifs is 1. The molecule has 0 aromatic heterocycles. The number of amides is 2. The third kappa shape index (κ3) is 3.28. The van der Waals surface area contributed by atoms with Crippen molar-refractivity contribution in [1.29, 1.82) is 0 Å². The molecule has 2 amide bonds. The SMILES string of the molecule is COC(=O)CN(C)CCCN1C(=O)c2ccccc2C1=O. The maximum Gasteiger partial charge on any atom is 0.319 e. The van der Waals surface area contributed by atoms with Crippen LogP contribution in [-0.2, 0) is 9.53 Å². The van der Waals surface area contributed by atoms with Crippen molar-refractivity contribution in [1.82, 2.24) is 9.80 Å². The minimum absolute atomic E-state index is 0.193. The Kier molecular flexibility index (Phi) is 4.70. The fourth-order valence-corrected chi connectivity index (χ4v) is 2.30. The van der Waals surface area contributed by atoms with Crippen molar-refractivity contribution in [2.24, 2.45) is 0 Å². The summed E-state index contributed by atoms with van der Waals surface area (Å²) in [7, 11) is 3.13. The van der Waals surface area contributed by atoms with E-state index in [0.717, 1.165) is 0 Å². The molecule has 1 heterocycles. The summed E-state index contributed by atoms with van der Waals surface area (Å²) < 4.78 is 4.58. The van der Waals surface area contributed by atoms with Crippen LogP contribution in [0.15, 0.2) is 24.3 Å². The highest BCUT2D eigenvalue weighted by Gasteiger charge is 2.34. The molecule has 1 aliphatic heterocycles. The number of carbonyl (C=O) groups is 3. The second-order valence-electron chi connectivity index (χ2n) is 4.97. The molecule has 112 valence electrons. The molecule has 0 fully saturated rings. The second-order valence-corrected chi connectivity index (χ2v) is 4.97. The average molecular weight is 290 g/mol. The number of imide groups is 1. The van der Waals surface area contributed by atoms with Crippen molar-refractivity contribution in [3.05, 3.63) is 35.4 Å². The molecule has 1 aromatic carbocycles. The summed E-state index contributed by atoms with van der Waals surface area (Å²) in [5.41, 5.74) is 0.927. The lowest BCUT2D eigenvalue weighted by Gasteiger charge is -2.18. The number of nitrogens with zero attached hydrogens (tertiary/aromatic N) is 2. The Morgan fingerprint density at radius 1 is 1.19 bits per heavy atom. The highest BCUT2D eigenvalue weighted by molar-refractivity contribution is 6.21. The van der Waals surface area contributed by atoms with Crippen LogP contribution < -0.4 is 0 Å². The summed E-state index contributed by atoms with van der Waals surface area (Å²) in [5.74, 6) is -0.796. The number of benzene rings is 1. The van der Waals surface area contributed by atoms with E-state index in [9.17, 15) is 14.4 Å². The van der Waals surface area contributed by atoms with Gasteiger partial charge in [0.05, 0.1) is 24.8 Å². The van der Waals surface area contributed by atoms with Crippen LogP contribution in [0.4, 0.5) is 0 Å². The van der Waals surface area contributed by atoms with Crippen LogP contribution in [-0.4, -0.2) is 61.4 Å². The topological polar surface area (TPSA) is 66.9 Å². The van der Waals surface area contributed by atoms with E-state index in [1.165, 1.54) is 12.0 Å². The molecule has 1 aromatic rings. The quantitative estimate of drug-likeness (QED) is 0.572. The molecule has 2 rings (SSSR count). The van der Waals surface area contributed by atoms with Gasteiger partial charge >= 0.3 is 5.97 Å². The molecule has 6 heteroatoms. The van der Waals surface area contributed by atoms with Crippen molar-refractivity contribution >= 4 is 17.8 Å². The van der Waals surface area contributed by atoms with E-state index in [-0.39, 0.29) is 24.3 Å². The minimum atomic E-state index is -0.307. The van der Waals surface area contributed by atoms with Crippen molar-refractivity contribution in [3.8, 4) is 0 Å². The Morgan fingerprint density at radius 2 is 1.76 bits per heavy atom. The second kappa shape index (κ2) is 6.49. The van der Waals surface area contributed by atoms with Crippen LogP contribution in [0, 0.1) is 0 Å². The Bertz CT molecular complexity index is 536. The first-order valence-electron chi connectivity index (χ1n) is 6.75. The van der Waals surface area contributed by atoms with Gasteiger partial charge in [-0.15, -0.1) is 0 Å². The molecule has 0 saturated heterocycles. The van der Waals surface area contributed by atoms with Crippen molar-refractivity contribution < 1.29 is 19.1 Å². The van der Waals surface area contributed by atoms with Crippen LogP contribution in [0.5, 0.6) is 0 Å². The van der Waals surface area contributed by atoms with Gasteiger partial charge in [-0.3, -0.25) is 24.2 Å². The molecule has 0 N–H and O–H groups in total. The lowest BCUT2D eigenvalue weighted by Crippen LogP contribution is -2.34. The van der Waals surface area contributed by atoms with Crippen molar-refractivity contribution in [3.63, 3.8) is 0 Å². The van der Waals surface area contributed by atoms with Gasteiger partial charge in [0, 0.05) is 13.1 Å². The summed E-state index contributed by atoms with van der Waals surface area (Å²) in [4.78, 5) is 38.4. The highest BCUT2D eigenvalue weighted by Crippen LogP contribution is 2.22. The van der Waals surface area contributed by atoms with E-state index in [2.05, 4.69) is 4.74 Å². The minimum Gasteiger partial charge on any atom is -0.468 e. The monoisotopic (exact) mass is 290 g/mol. The number of rotatable bonds is 6. The Labute approximate surface area is 123 Å². The van der Waals surface area contributed by atoms with E-state index >= 15 is 0 Å². The molecule has 0 spiro atoms. The Morgan fingerprint density at radius 3 is 2.29 bits per heavy atom. The maximum atomic E-state index is 12.1. The molecule has 6 nitrogen and oxygen atoms in total. The van der Waals surface area contributed by atoms with Gasteiger partial charge in [-0.25, -0.2) is 0 Å². The van der Waals surface area contributed by atoms with Gasteiger partial charge in [0.15, 0.2) is 0 Å². The summed E-state index contributed by atoms with van der Waals surface area (Å²) in [5, 5.41) is 0. The summed E-state index contributed by atoms with van der Waals surface area (Å²) in [6.45, 7) is 1.14. The zero-order chi connectivity index (χ0) is 15.4. The predicted molar refractivity (Wildman–Crippen MR) is 75.9 cm³/mol. The maximum absolute atomic E-state index is 12.1. The van der Waals surface area contributed by atoms with E-state index in [1.54, 1.807) is 36.2 Å². The Balaban J connectivity index is 1.87. The third-order valence-electron chi connectivity index (χ3n) is 3.43. The smallest absolute Gasteiger partial charge is 0.319 e. The van der Waals surface area contributed by atoms with Gasteiger partial charge in [0.1, 0.15) is 0 Å². The molecule has 21 heavy (non-hydrogen) atoms. The first kappa shape index (κ1) is 15.2. The molecule has 0 atom stereocenters. The number of hydrogen-bond acceptors (Lipinski definition) is 5. The molecular weight excluding hydrogens is 272 g/mol. The molecule has 0 bridgehead atoms. The lowest BCUT2D eigenvalue weighted by molar-refractivity contribution is -0.141. The Hall–Kier alpha value is -2.21.